The van der Waals surface area contributed by atoms with Crippen molar-refractivity contribution in [2.75, 3.05) is 10.6 Å². The Labute approximate surface area is 165 Å². The maximum absolute atomic E-state index is 13.4. The van der Waals surface area contributed by atoms with E-state index in [-0.39, 0.29) is 49.4 Å². The molecule has 162 valence electrons. The number of allylic oxidation sites excluding steroid dienone is 1. The van der Waals surface area contributed by atoms with Crippen LogP contribution in [0, 0.1) is 0 Å². The maximum atomic E-state index is 13.4. The quantitative estimate of drug-likeness (QED) is 0.620. The second-order valence-electron chi connectivity index (χ2n) is 7.64. The summed E-state index contributed by atoms with van der Waals surface area (Å²) in [5, 5.41) is 15.0. The maximum Gasteiger partial charge on any atom is 0.408 e. The molecule has 0 spiro atoms. The second kappa shape index (κ2) is 8.37. The third-order valence-electron chi connectivity index (χ3n) is 5.15. The Morgan fingerprint density at radius 2 is 1.76 bits per heavy atom. The number of aliphatic hydroxyl groups is 1. The number of hydrogen-bond donors (Lipinski definition) is 3. The van der Waals surface area contributed by atoms with Crippen molar-refractivity contribution in [1.82, 2.24) is 15.0 Å². The molecule has 2 aliphatic rings. The predicted molar refractivity (Wildman–Crippen MR) is 97.6 cm³/mol. The molecule has 2 aliphatic carbocycles. The summed E-state index contributed by atoms with van der Waals surface area (Å²) in [5.74, 6) is -2.76. The normalized spacial score (nSPS) is 24.0. The molecule has 0 saturated heterocycles. The van der Waals surface area contributed by atoms with E-state index in [1.165, 1.54) is 0 Å². The summed E-state index contributed by atoms with van der Waals surface area (Å²) >= 11 is 0. The van der Waals surface area contributed by atoms with Crippen molar-refractivity contribution >= 4 is 17.5 Å². The number of anilines is 2. The molecule has 29 heavy (non-hydrogen) atoms. The van der Waals surface area contributed by atoms with Crippen LogP contribution in [0.15, 0.2) is 6.08 Å². The van der Waals surface area contributed by atoms with Gasteiger partial charge in [0, 0.05) is 18.9 Å². The van der Waals surface area contributed by atoms with Gasteiger partial charge in [-0.2, -0.15) is 28.1 Å². The van der Waals surface area contributed by atoms with Gasteiger partial charge in [0.25, 0.3) is 0 Å². The van der Waals surface area contributed by atoms with Gasteiger partial charge >= 0.3 is 6.18 Å². The molecule has 1 heterocycles. The van der Waals surface area contributed by atoms with Gasteiger partial charge in [0.1, 0.15) is 6.04 Å². The number of alkyl halides is 5. The fraction of sp³-hybridized carbons (Fsp3) is 0.722. The lowest BCUT2D eigenvalue weighted by Gasteiger charge is -2.29. The number of halogens is 5. The molecule has 1 aromatic rings. The van der Waals surface area contributed by atoms with Crippen LogP contribution in [0.2, 0.25) is 0 Å². The molecular formula is C18H24F5N5O. The van der Waals surface area contributed by atoms with Crippen LogP contribution in [0.4, 0.5) is 33.8 Å². The van der Waals surface area contributed by atoms with E-state index in [2.05, 4.69) is 25.6 Å². The highest BCUT2D eigenvalue weighted by atomic mass is 19.4. The van der Waals surface area contributed by atoms with Crippen molar-refractivity contribution < 1.29 is 27.1 Å². The second-order valence-corrected chi connectivity index (χ2v) is 7.64. The standard InChI is InChI=1S/C18H24F5N5O/c1-10(18(21,22)23)24-15-26-14(11-3-2-4-13(29)9-11)27-16(28-15)25-12-5-7-17(19,20)8-6-12/h9-10,12-13,29H,2-8H2,1H3,(H2,24,25,26,27,28)/t10-,13?/m1/s1. The molecule has 3 rings (SSSR count). The first kappa shape index (κ1) is 21.7. The van der Waals surface area contributed by atoms with Gasteiger partial charge in [-0.3, -0.25) is 0 Å². The van der Waals surface area contributed by atoms with Gasteiger partial charge in [-0.1, -0.05) is 0 Å². The fourth-order valence-electron chi connectivity index (χ4n) is 3.38. The van der Waals surface area contributed by atoms with Crippen LogP contribution in [-0.4, -0.2) is 50.3 Å². The molecule has 1 fully saturated rings. The summed E-state index contributed by atoms with van der Waals surface area (Å²) in [6, 6.07) is -2.19. The van der Waals surface area contributed by atoms with Crippen molar-refractivity contribution in [3.8, 4) is 0 Å². The third-order valence-corrected chi connectivity index (χ3v) is 5.15. The molecule has 1 unspecified atom stereocenters. The van der Waals surface area contributed by atoms with Crippen LogP contribution in [0.25, 0.3) is 5.57 Å². The molecule has 6 nitrogen and oxygen atoms in total. The van der Waals surface area contributed by atoms with Crippen LogP contribution < -0.4 is 10.6 Å². The van der Waals surface area contributed by atoms with E-state index in [4.69, 9.17) is 0 Å². The first-order chi connectivity index (χ1) is 13.5. The fourth-order valence-corrected chi connectivity index (χ4v) is 3.38. The average Bonchev–Trinajstić information content (AvgIpc) is 2.62. The van der Waals surface area contributed by atoms with E-state index >= 15 is 0 Å². The van der Waals surface area contributed by atoms with Gasteiger partial charge < -0.3 is 15.7 Å². The van der Waals surface area contributed by atoms with Crippen molar-refractivity contribution in [3.63, 3.8) is 0 Å². The molecule has 1 aromatic heterocycles. The summed E-state index contributed by atoms with van der Waals surface area (Å²) in [4.78, 5) is 12.4. The molecule has 11 heteroatoms. The Morgan fingerprint density at radius 3 is 2.38 bits per heavy atom. The van der Waals surface area contributed by atoms with Crippen LogP contribution in [0.1, 0.15) is 57.7 Å². The monoisotopic (exact) mass is 421 g/mol. The number of hydrogen-bond acceptors (Lipinski definition) is 6. The van der Waals surface area contributed by atoms with Crippen molar-refractivity contribution in [2.45, 2.75) is 82.2 Å². The van der Waals surface area contributed by atoms with E-state index in [0.29, 0.717) is 24.8 Å². The third kappa shape index (κ3) is 5.97. The van der Waals surface area contributed by atoms with Crippen LogP contribution in [-0.2, 0) is 0 Å². The largest absolute Gasteiger partial charge is 0.408 e. The minimum atomic E-state index is -4.49. The lowest BCUT2D eigenvalue weighted by atomic mass is 9.92. The van der Waals surface area contributed by atoms with Crippen LogP contribution >= 0.6 is 0 Å². The Morgan fingerprint density at radius 1 is 1.10 bits per heavy atom. The van der Waals surface area contributed by atoms with E-state index in [1.54, 1.807) is 6.08 Å². The molecule has 0 radical (unpaired) electrons. The van der Waals surface area contributed by atoms with Gasteiger partial charge in [0.05, 0.1) is 6.10 Å². The van der Waals surface area contributed by atoms with E-state index in [1.807, 2.05) is 0 Å². The zero-order chi connectivity index (χ0) is 21.2. The van der Waals surface area contributed by atoms with Gasteiger partial charge in [-0.15, -0.1) is 0 Å². The average molecular weight is 421 g/mol. The van der Waals surface area contributed by atoms with Crippen LogP contribution in [0.5, 0.6) is 0 Å². The van der Waals surface area contributed by atoms with E-state index in [0.717, 1.165) is 6.92 Å². The van der Waals surface area contributed by atoms with Crippen molar-refractivity contribution in [2.24, 2.45) is 0 Å². The molecule has 0 amide bonds. The van der Waals surface area contributed by atoms with Gasteiger partial charge in [0.15, 0.2) is 5.82 Å². The molecule has 0 aromatic carbocycles. The van der Waals surface area contributed by atoms with Crippen molar-refractivity contribution in [3.05, 3.63) is 11.9 Å². The van der Waals surface area contributed by atoms with E-state index in [9.17, 15) is 27.1 Å². The molecule has 2 atom stereocenters. The number of aromatic nitrogens is 3. The number of rotatable bonds is 5. The Hall–Kier alpha value is -2.04. The summed E-state index contributed by atoms with van der Waals surface area (Å²) in [6.45, 7) is 0.948. The number of nitrogens with zero attached hydrogens (tertiary/aromatic N) is 3. The first-order valence-corrected chi connectivity index (χ1v) is 9.65. The zero-order valence-electron chi connectivity index (χ0n) is 15.9. The summed E-state index contributed by atoms with van der Waals surface area (Å²) in [7, 11) is 0. The van der Waals surface area contributed by atoms with Crippen molar-refractivity contribution in [1.29, 1.82) is 0 Å². The van der Waals surface area contributed by atoms with Gasteiger partial charge in [0.2, 0.25) is 17.8 Å². The highest BCUT2D eigenvalue weighted by molar-refractivity contribution is 5.63. The Kier molecular flexibility index (Phi) is 6.25. The Balaban J connectivity index is 1.84. The van der Waals surface area contributed by atoms with Gasteiger partial charge in [-0.25, -0.2) is 8.78 Å². The molecule has 3 N–H and O–H groups in total. The summed E-state index contributed by atoms with van der Waals surface area (Å²) < 4.78 is 65.5. The molecule has 0 bridgehead atoms. The lowest BCUT2D eigenvalue weighted by Crippen LogP contribution is -2.35. The Bertz CT molecular complexity index is 745. The minimum absolute atomic E-state index is 0.0306. The highest BCUT2D eigenvalue weighted by Gasteiger charge is 2.37. The summed E-state index contributed by atoms with van der Waals surface area (Å²) in [5.41, 5.74) is 0.618. The van der Waals surface area contributed by atoms with E-state index < -0.39 is 24.2 Å². The van der Waals surface area contributed by atoms with Crippen LogP contribution in [0.3, 0.4) is 0 Å². The molecule has 0 aliphatic heterocycles. The van der Waals surface area contributed by atoms with Gasteiger partial charge in [-0.05, 0) is 50.7 Å². The SMILES string of the molecule is C[C@@H](Nc1nc(NC2CCC(F)(F)CC2)nc(C2=CC(O)CCC2)n1)C(F)(F)F. The minimum Gasteiger partial charge on any atom is -0.389 e. The smallest absolute Gasteiger partial charge is 0.389 e. The number of nitrogens with one attached hydrogen (secondary N) is 2. The predicted octanol–water partition coefficient (Wildman–Crippen LogP) is 4.15. The number of aliphatic hydroxyl groups excluding tert-OH is 1. The highest BCUT2D eigenvalue weighted by Crippen LogP contribution is 2.34. The zero-order valence-corrected chi connectivity index (χ0v) is 15.9. The summed E-state index contributed by atoms with van der Waals surface area (Å²) in [6.07, 6.45) is -1.84. The lowest BCUT2D eigenvalue weighted by molar-refractivity contribution is -0.138. The first-order valence-electron chi connectivity index (χ1n) is 9.65. The molecule has 1 saturated carbocycles. The molecular weight excluding hydrogens is 397 g/mol. The topological polar surface area (TPSA) is 83.0 Å².